The molecule has 3 aromatic rings. The second kappa shape index (κ2) is 9.13. The van der Waals surface area contributed by atoms with Gasteiger partial charge in [0, 0.05) is 47.9 Å². The molecule has 2 aromatic heterocycles. The standard InChI is InChI=1S/C22H25N5O3S/c1-22(2,3)17-13-23-18(30-17)11-10-16-12-24-21(31-16)26-20(29)25-15-8-6-14(7-9-15)19(28)27(4)5/h6-13H,1-5H3,(H2,24,25,26,29)/b11-10+. The lowest BCUT2D eigenvalue weighted by atomic mass is 9.94. The van der Waals surface area contributed by atoms with Crippen LogP contribution in [0.3, 0.4) is 0 Å². The van der Waals surface area contributed by atoms with Gasteiger partial charge in [-0.2, -0.15) is 0 Å². The number of hydrogen-bond acceptors (Lipinski definition) is 6. The molecule has 0 spiro atoms. The van der Waals surface area contributed by atoms with Gasteiger partial charge in [-0.1, -0.05) is 32.1 Å². The van der Waals surface area contributed by atoms with Crippen molar-refractivity contribution in [2.45, 2.75) is 26.2 Å². The van der Waals surface area contributed by atoms with E-state index < -0.39 is 6.03 Å². The average Bonchev–Trinajstić information content (AvgIpc) is 3.35. The zero-order valence-corrected chi connectivity index (χ0v) is 18.9. The van der Waals surface area contributed by atoms with Crippen molar-refractivity contribution in [3.63, 3.8) is 0 Å². The monoisotopic (exact) mass is 439 g/mol. The molecule has 0 bridgehead atoms. The summed E-state index contributed by atoms with van der Waals surface area (Å²) >= 11 is 1.32. The minimum Gasteiger partial charge on any atom is -0.441 e. The van der Waals surface area contributed by atoms with Crippen LogP contribution in [0.4, 0.5) is 15.6 Å². The van der Waals surface area contributed by atoms with Gasteiger partial charge in [0.1, 0.15) is 5.76 Å². The van der Waals surface area contributed by atoms with Crippen molar-refractivity contribution in [1.82, 2.24) is 14.9 Å². The first kappa shape index (κ1) is 22.2. The van der Waals surface area contributed by atoms with E-state index in [9.17, 15) is 9.59 Å². The third-order valence-corrected chi connectivity index (χ3v) is 5.07. The molecular weight excluding hydrogens is 414 g/mol. The summed E-state index contributed by atoms with van der Waals surface area (Å²) in [6.45, 7) is 6.18. The molecule has 2 heterocycles. The molecule has 8 nitrogen and oxygen atoms in total. The first-order valence-electron chi connectivity index (χ1n) is 9.62. The summed E-state index contributed by atoms with van der Waals surface area (Å²) in [5.41, 5.74) is 1.02. The predicted octanol–water partition coefficient (Wildman–Crippen LogP) is 4.94. The highest BCUT2D eigenvalue weighted by Gasteiger charge is 2.18. The molecular formula is C22H25N5O3S. The third-order valence-electron chi connectivity index (χ3n) is 4.19. The highest BCUT2D eigenvalue weighted by atomic mass is 32.1. The van der Waals surface area contributed by atoms with Gasteiger partial charge in [-0.25, -0.2) is 14.8 Å². The first-order chi connectivity index (χ1) is 14.6. The van der Waals surface area contributed by atoms with Crippen molar-refractivity contribution in [2.24, 2.45) is 0 Å². The second-order valence-electron chi connectivity index (χ2n) is 8.07. The summed E-state index contributed by atoms with van der Waals surface area (Å²) in [6.07, 6.45) is 6.99. The number of urea groups is 1. The van der Waals surface area contributed by atoms with E-state index in [-0.39, 0.29) is 11.3 Å². The fourth-order valence-corrected chi connectivity index (χ4v) is 3.21. The lowest BCUT2D eigenvalue weighted by Gasteiger charge is -2.12. The molecule has 3 rings (SSSR count). The number of aromatic nitrogens is 2. The summed E-state index contributed by atoms with van der Waals surface area (Å²) in [5, 5.41) is 5.87. The van der Waals surface area contributed by atoms with Gasteiger partial charge in [0.2, 0.25) is 5.89 Å². The number of hydrogen-bond donors (Lipinski definition) is 2. The van der Waals surface area contributed by atoms with Crippen molar-refractivity contribution in [1.29, 1.82) is 0 Å². The number of nitrogens with zero attached hydrogens (tertiary/aromatic N) is 3. The van der Waals surface area contributed by atoms with E-state index in [1.165, 1.54) is 16.2 Å². The van der Waals surface area contributed by atoms with Crippen LogP contribution in [0.15, 0.2) is 41.1 Å². The highest BCUT2D eigenvalue weighted by Crippen LogP contribution is 2.24. The number of amides is 3. The van der Waals surface area contributed by atoms with Gasteiger partial charge in [-0.15, -0.1) is 0 Å². The fraction of sp³-hybridized carbons (Fsp3) is 0.273. The van der Waals surface area contributed by atoms with Crippen molar-refractivity contribution in [3.05, 3.63) is 58.8 Å². The fourth-order valence-electron chi connectivity index (χ4n) is 2.50. The maximum absolute atomic E-state index is 12.2. The van der Waals surface area contributed by atoms with Gasteiger partial charge < -0.3 is 14.6 Å². The SMILES string of the molecule is CN(C)C(=O)c1ccc(NC(=O)Nc2ncc(/C=C/c3ncc(C(C)(C)C)o3)s2)cc1. The van der Waals surface area contributed by atoms with Crippen LogP contribution in [0.1, 0.15) is 47.7 Å². The Morgan fingerprint density at radius 3 is 2.35 bits per heavy atom. The zero-order valence-electron chi connectivity index (χ0n) is 18.1. The molecule has 162 valence electrons. The Bertz CT molecular complexity index is 1090. The zero-order chi connectivity index (χ0) is 22.6. The quantitative estimate of drug-likeness (QED) is 0.586. The molecule has 0 aliphatic heterocycles. The molecule has 1 aromatic carbocycles. The molecule has 0 aliphatic rings. The number of nitrogens with one attached hydrogen (secondary N) is 2. The molecule has 0 fully saturated rings. The van der Waals surface area contributed by atoms with Gasteiger partial charge in [-0.05, 0) is 30.3 Å². The second-order valence-corrected chi connectivity index (χ2v) is 9.13. The summed E-state index contributed by atoms with van der Waals surface area (Å²) in [5.74, 6) is 1.23. The number of thiazole rings is 1. The van der Waals surface area contributed by atoms with Crippen molar-refractivity contribution in [2.75, 3.05) is 24.7 Å². The number of rotatable bonds is 5. The van der Waals surface area contributed by atoms with Crippen LogP contribution in [0, 0.1) is 0 Å². The minimum atomic E-state index is -0.418. The van der Waals surface area contributed by atoms with Crippen LogP contribution in [0.25, 0.3) is 12.2 Å². The summed E-state index contributed by atoms with van der Waals surface area (Å²) in [4.78, 5) is 34.9. The van der Waals surface area contributed by atoms with E-state index in [0.717, 1.165) is 10.6 Å². The Balaban J connectivity index is 1.56. The highest BCUT2D eigenvalue weighted by molar-refractivity contribution is 7.16. The van der Waals surface area contributed by atoms with Gasteiger partial charge in [0.15, 0.2) is 5.13 Å². The predicted molar refractivity (Wildman–Crippen MR) is 123 cm³/mol. The molecule has 0 unspecified atom stereocenters. The number of carbonyl (C=O) groups is 2. The lowest BCUT2D eigenvalue weighted by Crippen LogP contribution is -2.22. The van der Waals surface area contributed by atoms with Crippen LogP contribution in [-0.2, 0) is 5.41 Å². The van der Waals surface area contributed by atoms with E-state index >= 15 is 0 Å². The minimum absolute atomic E-state index is 0.0984. The number of benzene rings is 1. The van der Waals surface area contributed by atoms with Gasteiger partial charge >= 0.3 is 6.03 Å². The number of carbonyl (C=O) groups excluding carboxylic acids is 2. The lowest BCUT2D eigenvalue weighted by molar-refractivity contribution is 0.0827. The van der Waals surface area contributed by atoms with Crippen molar-refractivity contribution in [3.8, 4) is 0 Å². The number of oxazole rings is 1. The van der Waals surface area contributed by atoms with Crippen LogP contribution < -0.4 is 10.6 Å². The van der Waals surface area contributed by atoms with E-state index in [1.54, 1.807) is 56.8 Å². The largest absolute Gasteiger partial charge is 0.441 e. The molecule has 0 atom stereocenters. The molecule has 0 saturated heterocycles. The molecule has 2 N–H and O–H groups in total. The van der Waals surface area contributed by atoms with E-state index in [4.69, 9.17) is 4.42 Å². The number of anilines is 2. The van der Waals surface area contributed by atoms with Crippen molar-refractivity contribution < 1.29 is 14.0 Å². The normalized spacial score (nSPS) is 11.5. The summed E-state index contributed by atoms with van der Waals surface area (Å²) in [7, 11) is 3.38. The molecule has 31 heavy (non-hydrogen) atoms. The molecule has 9 heteroatoms. The maximum atomic E-state index is 12.2. The maximum Gasteiger partial charge on any atom is 0.325 e. The molecule has 0 saturated carbocycles. The summed E-state index contributed by atoms with van der Waals surface area (Å²) < 4.78 is 5.73. The smallest absolute Gasteiger partial charge is 0.325 e. The summed E-state index contributed by atoms with van der Waals surface area (Å²) in [6, 6.07) is 6.26. The van der Waals surface area contributed by atoms with E-state index in [1.807, 2.05) is 6.08 Å². The van der Waals surface area contributed by atoms with Gasteiger partial charge in [0.25, 0.3) is 5.91 Å². The Morgan fingerprint density at radius 2 is 1.74 bits per heavy atom. The van der Waals surface area contributed by atoms with E-state index in [0.29, 0.717) is 22.3 Å². The molecule has 0 aliphatic carbocycles. The Hall–Kier alpha value is -3.46. The Labute approximate surface area is 185 Å². The van der Waals surface area contributed by atoms with Crippen LogP contribution in [0.5, 0.6) is 0 Å². The van der Waals surface area contributed by atoms with Crippen LogP contribution >= 0.6 is 11.3 Å². The Kier molecular flexibility index (Phi) is 6.55. The average molecular weight is 440 g/mol. The van der Waals surface area contributed by atoms with Crippen molar-refractivity contribution >= 4 is 46.2 Å². The molecule has 0 radical (unpaired) electrons. The van der Waals surface area contributed by atoms with Gasteiger partial charge in [0.05, 0.1) is 6.20 Å². The Morgan fingerprint density at radius 1 is 1.03 bits per heavy atom. The third kappa shape index (κ3) is 6.02. The first-order valence-corrected chi connectivity index (χ1v) is 10.4. The van der Waals surface area contributed by atoms with E-state index in [2.05, 4.69) is 41.4 Å². The van der Waals surface area contributed by atoms with Crippen LogP contribution in [0.2, 0.25) is 0 Å². The van der Waals surface area contributed by atoms with Gasteiger partial charge in [-0.3, -0.25) is 10.1 Å². The topological polar surface area (TPSA) is 100 Å². The van der Waals surface area contributed by atoms with Crippen LogP contribution in [-0.4, -0.2) is 40.9 Å². The molecule has 3 amide bonds.